The molecule has 0 aliphatic carbocycles. The Labute approximate surface area is 86.3 Å². The maximum atomic E-state index is 10.5. The number of para-hydroxylation sites is 1. The summed E-state index contributed by atoms with van der Waals surface area (Å²) in [5.41, 5.74) is 6.42. The summed E-state index contributed by atoms with van der Waals surface area (Å²) >= 11 is 0. The number of carboxylic acids is 1. The summed E-state index contributed by atoms with van der Waals surface area (Å²) in [5.74, 6) is -0.415. The molecule has 1 heterocycles. The lowest BCUT2D eigenvalue weighted by Crippen LogP contribution is -2.14. The Morgan fingerprint density at radius 1 is 1.47 bits per heavy atom. The Morgan fingerprint density at radius 2 is 2.20 bits per heavy atom. The van der Waals surface area contributed by atoms with Gasteiger partial charge in [-0.25, -0.2) is 0 Å². The molecule has 2 rings (SSSR count). The molecule has 0 aliphatic rings. The van der Waals surface area contributed by atoms with Gasteiger partial charge in [0.1, 0.15) is 11.3 Å². The molecule has 78 valence electrons. The highest BCUT2D eigenvalue weighted by Crippen LogP contribution is 2.23. The third-order valence-electron chi connectivity index (χ3n) is 2.20. The molecule has 1 aromatic carbocycles. The number of nitrogens with two attached hydrogens (primary N) is 1. The van der Waals surface area contributed by atoms with Crippen LogP contribution in [0.4, 0.5) is 0 Å². The third kappa shape index (κ3) is 1.99. The van der Waals surface area contributed by atoms with E-state index in [0.29, 0.717) is 5.76 Å². The van der Waals surface area contributed by atoms with Gasteiger partial charge in [-0.1, -0.05) is 18.2 Å². The first-order valence-electron chi connectivity index (χ1n) is 4.62. The minimum absolute atomic E-state index is 0.125. The number of benzene rings is 1. The molecule has 0 spiro atoms. The van der Waals surface area contributed by atoms with E-state index in [9.17, 15) is 4.79 Å². The third-order valence-corrected chi connectivity index (χ3v) is 2.20. The zero-order chi connectivity index (χ0) is 10.8. The van der Waals surface area contributed by atoms with Crippen LogP contribution < -0.4 is 5.73 Å². The van der Waals surface area contributed by atoms with Crippen LogP contribution in [0, 0.1) is 0 Å². The van der Waals surface area contributed by atoms with Gasteiger partial charge in [-0.3, -0.25) is 4.79 Å². The van der Waals surface area contributed by atoms with Crippen LogP contribution in [-0.2, 0) is 4.79 Å². The topological polar surface area (TPSA) is 76.5 Å². The average molecular weight is 205 g/mol. The van der Waals surface area contributed by atoms with Crippen molar-refractivity contribution in [2.24, 2.45) is 5.73 Å². The SMILES string of the molecule is N[C@H](CC(=O)O)c1cc2ccccc2o1. The van der Waals surface area contributed by atoms with Crippen molar-refractivity contribution in [3.8, 4) is 0 Å². The van der Waals surface area contributed by atoms with Gasteiger partial charge in [0.2, 0.25) is 0 Å². The molecular formula is C11H11NO3. The number of carboxylic acid groups (broad SMARTS) is 1. The van der Waals surface area contributed by atoms with E-state index in [-0.39, 0.29) is 6.42 Å². The van der Waals surface area contributed by atoms with Crippen LogP contribution in [0.25, 0.3) is 11.0 Å². The van der Waals surface area contributed by atoms with Crippen molar-refractivity contribution >= 4 is 16.9 Å². The van der Waals surface area contributed by atoms with E-state index < -0.39 is 12.0 Å². The summed E-state index contributed by atoms with van der Waals surface area (Å²) in [6.07, 6.45) is -0.125. The highest BCUT2D eigenvalue weighted by atomic mass is 16.4. The smallest absolute Gasteiger partial charge is 0.305 e. The monoisotopic (exact) mass is 205 g/mol. The van der Waals surface area contributed by atoms with Crippen LogP contribution >= 0.6 is 0 Å². The van der Waals surface area contributed by atoms with Gasteiger partial charge in [0.15, 0.2) is 0 Å². The van der Waals surface area contributed by atoms with E-state index in [1.807, 2.05) is 24.3 Å². The molecule has 0 radical (unpaired) electrons. The maximum Gasteiger partial charge on any atom is 0.305 e. The van der Waals surface area contributed by atoms with Crippen LogP contribution in [0.3, 0.4) is 0 Å². The van der Waals surface area contributed by atoms with Crippen LogP contribution in [0.2, 0.25) is 0 Å². The lowest BCUT2D eigenvalue weighted by Gasteiger charge is -2.03. The molecule has 2 aromatic rings. The maximum absolute atomic E-state index is 10.5. The minimum Gasteiger partial charge on any atom is -0.481 e. The number of rotatable bonds is 3. The molecule has 0 fully saturated rings. The van der Waals surface area contributed by atoms with Gasteiger partial charge in [-0.05, 0) is 12.1 Å². The molecular weight excluding hydrogens is 194 g/mol. The number of aliphatic carboxylic acids is 1. The first kappa shape index (κ1) is 9.73. The van der Waals surface area contributed by atoms with Crippen LogP contribution in [-0.4, -0.2) is 11.1 Å². The zero-order valence-electron chi connectivity index (χ0n) is 8.01. The summed E-state index contributed by atoms with van der Waals surface area (Å²) in [5, 5.41) is 9.54. The molecule has 0 bridgehead atoms. The quantitative estimate of drug-likeness (QED) is 0.802. The average Bonchev–Trinajstić information content (AvgIpc) is 2.59. The molecule has 15 heavy (non-hydrogen) atoms. The van der Waals surface area contributed by atoms with Crippen molar-refractivity contribution in [2.75, 3.05) is 0 Å². The lowest BCUT2D eigenvalue weighted by atomic mass is 10.1. The standard InChI is InChI=1S/C11H11NO3/c12-8(6-11(13)14)10-5-7-3-1-2-4-9(7)15-10/h1-5,8H,6,12H2,(H,13,14)/t8-/m1/s1. The van der Waals surface area contributed by atoms with Gasteiger partial charge >= 0.3 is 5.97 Å². The predicted molar refractivity (Wildman–Crippen MR) is 55.4 cm³/mol. The first-order valence-corrected chi connectivity index (χ1v) is 4.62. The van der Waals surface area contributed by atoms with Crippen molar-refractivity contribution in [3.05, 3.63) is 36.1 Å². The predicted octanol–water partition coefficient (Wildman–Crippen LogP) is 1.91. The summed E-state index contributed by atoms with van der Waals surface area (Å²) in [4.78, 5) is 10.5. The Hall–Kier alpha value is -1.81. The van der Waals surface area contributed by atoms with Gasteiger partial charge in [0.25, 0.3) is 0 Å². The first-order chi connectivity index (χ1) is 7.16. The fraction of sp³-hybridized carbons (Fsp3) is 0.182. The van der Waals surface area contributed by atoms with E-state index >= 15 is 0 Å². The van der Waals surface area contributed by atoms with Crippen LogP contribution in [0.1, 0.15) is 18.2 Å². The van der Waals surface area contributed by atoms with Gasteiger partial charge < -0.3 is 15.3 Å². The molecule has 3 N–H and O–H groups in total. The number of fused-ring (bicyclic) bond motifs is 1. The zero-order valence-corrected chi connectivity index (χ0v) is 8.01. The molecule has 0 saturated carbocycles. The van der Waals surface area contributed by atoms with Crippen molar-refractivity contribution < 1.29 is 14.3 Å². The molecule has 1 atom stereocenters. The second-order valence-corrected chi connectivity index (χ2v) is 3.39. The number of hydrogen-bond acceptors (Lipinski definition) is 3. The molecule has 0 amide bonds. The van der Waals surface area contributed by atoms with Gasteiger partial charge in [-0.15, -0.1) is 0 Å². The summed E-state index contributed by atoms with van der Waals surface area (Å²) in [6, 6.07) is 8.67. The Bertz CT molecular complexity index is 456. The molecule has 4 nitrogen and oxygen atoms in total. The Balaban J connectivity index is 2.32. The molecule has 4 heteroatoms. The fourth-order valence-corrected chi connectivity index (χ4v) is 1.47. The largest absolute Gasteiger partial charge is 0.481 e. The van der Waals surface area contributed by atoms with E-state index in [1.54, 1.807) is 6.07 Å². The van der Waals surface area contributed by atoms with Crippen LogP contribution in [0.5, 0.6) is 0 Å². The highest BCUT2D eigenvalue weighted by Gasteiger charge is 2.14. The number of furan rings is 1. The number of carbonyl (C=O) groups is 1. The number of hydrogen-bond donors (Lipinski definition) is 2. The van der Waals surface area contributed by atoms with E-state index in [4.69, 9.17) is 15.3 Å². The highest BCUT2D eigenvalue weighted by molar-refractivity contribution is 5.78. The minimum atomic E-state index is -0.928. The van der Waals surface area contributed by atoms with Crippen LogP contribution in [0.15, 0.2) is 34.7 Å². The van der Waals surface area contributed by atoms with Gasteiger partial charge in [0.05, 0.1) is 12.5 Å². The Kier molecular flexibility index (Phi) is 2.43. The molecule has 0 aliphatic heterocycles. The second-order valence-electron chi connectivity index (χ2n) is 3.39. The normalized spacial score (nSPS) is 12.9. The fourth-order valence-electron chi connectivity index (χ4n) is 1.47. The van der Waals surface area contributed by atoms with E-state index in [2.05, 4.69) is 0 Å². The molecule has 0 unspecified atom stereocenters. The summed E-state index contributed by atoms with van der Waals surface area (Å²) < 4.78 is 5.44. The van der Waals surface area contributed by atoms with Crippen molar-refractivity contribution in [3.63, 3.8) is 0 Å². The molecule has 1 aromatic heterocycles. The van der Waals surface area contributed by atoms with E-state index in [0.717, 1.165) is 11.0 Å². The van der Waals surface area contributed by atoms with Gasteiger partial charge in [0, 0.05) is 5.39 Å². The van der Waals surface area contributed by atoms with Crippen molar-refractivity contribution in [2.45, 2.75) is 12.5 Å². The van der Waals surface area contributed by atoms with Crippen molar-refractivity contribution in [1.82, 2.24) is 0 Å². The summed E-state index contributed by atoms with van der Waals surface area (Å²) in [6.45, 7) is 0. The molecule has 0 saturated heterocycles. The van der Waals surface area contributed by atoms with E-state index in [1.165, 1.54) is 0 Å². The van der Waals surface area contributed by atoms with Crippen molar-refractivity contribution in [1.29, 1.82) is 0 Å². The summed E-state index contributed by atoms with van der Waals surface area (Å²) in [7, 11) is 0. The lowest BCUT2D eigenvalue weighted by molar-refractivity contribution is -0.137. The van der Waals surface area contributed by atoms with Gasteiger partial charge in [-0.2, -0.15) is 0 Å². The second kappa shape index (κ2) is 3.74. The Morgan fingerprint density at radius 3 is 2.87 bits per heavy atom.